The van der Waals surface area contributed by atoms with Gasteiger partial charge in [0.05, 0.1) is 13.2 Å². The van der Waals surface area contributed by atoms with Crippen LogP contribution in [0.5, 0.6) is 5.75 Å². The van der Waals surface area contributed by atoms with E-state index in [1.165, 1.54) is 18.9 Å². The summed E-state index contributed by atoms with van der Waals surface area (Å²) >= 11 is 0. The number of benzene rings is 1. The van der Waals surface area contributed by atoms with Gasteiger partial charge in [-0.15, -0.1) is 0 Å². The van der Waals surface area contributed by atoms with Crippen molar-refractivity contribution in [1.82, 2.24) is 5.32 Å². The Balaban J connectivity index is 1.94. The van der Waals surface area contributed by atoms with E-state index in [4.69, 9.17) is 9.47 Å². The number of unbranched alkanes of at least 4 members (excludes halogenated alkanes) is 1. The van der Waals surface area contributed by atoms with E-state index in [1.807, 2.05) is 0 Å². The first kappa shape index (κ1) is 14.9. The predicted molar refractivity (Wildman–Crippen MR) is 70.5 cm³/mol. The van der Waals surface area contributed by atoms with Crippen molar-refractivity contribution in [3.05, 3.63) is 30.1 Å². The highest BCUT2D eigenvalue weighted by Crippen LogP contribution is 2.14. The van der Waals surface area contributed by atoms with E-state index < -0.39 is 0 Å². The normalized spacial score (nSPS) is 10.6. The largest absolute Gasteiger partial charge is 0.488 e. The van der Waals surface area contributed by atoms with E-state index >= 15 is 0 Å². The van der Waals surface area contributed by atoms with Crippen LogP contribution < -0.4 is 10.1 Å². The minimum Gasteiger partial charge on any atom is -0.488 e. The first-order chi connectivity index (χ1) is 8.84. The van der Waals surface area contributed by atoms with Gasteiger partial charge in [-0.25, -0.2) is 4.39 Å². The van der Waals surface area contributed by atoms with E-state index in [-0.39, 0.29) is 11.6 Å². The van der Waals surface area contributed by atoms with Crippen molar-refractivity contribution in [2.75, 3.05) is 32.9 Å². The minimum absolute atomic E-state index is 0.280. The molecule has 0 bridgehead atoms. The molecule has 1 N–H and O–H groups in total. The molecule has 4 heteroatoms. The van der Waals surface area contributed by atoms with Crippen molar-refractivity contribution < 1.29 is 13.9 Å². The summed E-state index contributed by atoms with van der Waals surface area (Å²) in [5.41, 5.74) is 0. The summed E-state index contributed by atoms with van der Waals surface area (Å²) in [6, 6.07) is 6.38. The first-order valence-electron chi connectivity index (χ1n) is 6.50. The molecule has 0 atom stereocenters. The molecule has 0 fully saturated rings. The highest BCUT2D eigenvalue weighted by molar-refractivity contribution is 5.23. The maximum atomic E-state index is 13.2. The number of nitrogens with one attached hydrogen (secondary N) is 1. The molecule has 1 aromatic carbocycles. The Labute approximate surface area is 108 Å². The van der Waals surface area contributed by atoms with Crippen molar-refractivity contribution in [1.29, 1.82) is 0 Å². The smallest absolute Gasteiger partial charge is 0.165 e. The fourth-order valence-electron chi connectivity index (χ4n) is 1.45. The number of para-hydroxylation sites is 1. The molecule has 0 unspecified atom stereocenters. The summed E-state index contributed by atoms with van der Waals surface area (Å²) < 4.78 is 23.8. The van der Waals surface area contributed by atoms with Gasteiger partial charge in [0.25, 0.3) is 0 Å². The van der Waals surface area contributed by atoms with Gasteiger partial charge in [0.1, 0.15) is 6.61 Å². The Bertz CT molecular complexity index is 320. The first-order valence-corrected chi connectivity index (χ1v) is 6.50. The fraction of sp³-hybridized carbons (Fsp3) is 0.571. The number of hydrogen-bond acceptors (Lipinski definition) is 3. The zero-order valence-corrected chi connectivity index (χ0v) is 11.0. The SMILES string of the molecule is CCCCNCCOCCOc1ccccc1F. The lowest BCUT2D eigenvalue weighted by atomic mass is 10.3. The van der Waals surface area contributed by atoms with Gasteiger partial charge in [-0.05, 0) is 25.1 Å². The molecular weight excluding hydrogens is 233 g/mol. The second-order valence-corrected chi connectivity index (χ2v) is 3.99. The van der Waals surface area contributed by atoms with Crippen molar-refractivity contribution in [2.24, 2.45) is 0 Å². The van der Waals surface area contributed by atoms with Gasteiger partial charge in [0.2, 0.25) is 0 Å². The van der Waals surface area contributed by atoms with E-state index in [0.717, 1.165) is 13.1 Å². The topological polar surface area (TPSA) is 30.5 Å². The van der Waals surface area contributed by atoms with Crippen molar-refractivity contribution in [2.45, 2.75) is 19.8 Å². The monoisotopic (exact) mass is 255 g/mol. The van der Waals surface area contributed by atoms with Gasteiger partial charge >= 0.3 is 0 Å². The van der Waals surface area contributed by atoms with Crippen LogP contribution in [0, 0.1) is 5.82 Å². The maximum absolute atomic E-state index is 13.2. The van der Waals surface area contributed by atoms with Crippen LogP contribution in [0.15, 0.2) is 24.3 Å². The van der Waals surface area contributed by atoms with Crippen molar-refractivity contribution >= 4 is 0 Å². The Morgan fingerprint density at radius 2 is 1.94 bits per heavy atom. The second kappa shape index (κ2) is 9.85. The third kappa shape index (κ3) is 6.57. The molecule has 102 valence electrons. The second-order valence-electron chi connectivity index (χ2n) is 3.99. The van der Waals surface area contributed by atoms with Gasteiger partial charge in [-0.3, -0.25) is 0 Å². The molecule has 1 rings (SSSR count). The zero-order valence-electron chi connectivity index (χ0n) is 11.0. The maximum Gasteiger partial charge on any atom is 0.165 e. The Kier molecular flexibility index (Phi) is 8.17. The zero-order chi connectivity index (χ0) is 13.1. The van der Waals surface area contributed by atoms with Crippen LogP contribution in [-0.4, -0.2) is 32.9 Å². The molecule has 0 heterocycles. The van der Waals surface area contributed by atoms with Crippen LogP contribution in [0.3, 0.4) is 0 Å². The molecule has 0 radical (unpaired) electrons. The molecule has 0 aliphatic carbocycles. The van der Waals surface area contributed by atoms with E-state index in [0.29, 0.717) is 19.8 Å². The Hall–Kier alpha value is -1.13. The number of halogens is 1. The summed E-state index contributed by atoms with van der Waals surface area (Å²) in [5.74, 6) is -0.0547. The molecule has 0 amide bonds. The van der Waals surface area contributed by atoms with E-state index in [1.54, 1.807) is 18.2 Å². The molecular formula is C14H22FNO2. The third-order valence-electron chi connectivity index (χ3n) is 2.45. The molecule has 0 aromatic heterocycles. The molecule has 0 saturated carbocycles. The molecule has 18 heavy (non-hydrogen) atoms. The predicted octanol–water partition coefficient (Wildman–Crippen LogP) is 2.61. The van der Waals surface area contributed by atoms with Gasteiger partial charge in [0.15, 0.2) is 11.6 Å². The quantitative estimate of drug-likeness (QED) is 0.652. The van der Waals surface area contributed by atoms with Gasteiger partial charge in [-0.1, -0.05) is 25.5 Å². The summed E-state index contributed by atoms with van der Waals surface area (Å²) in [6.45, 7) is 5.55. The molecule has 0 saturated heterocycles. The number of rotatable bonds is 10. The van der Waals surface area contributed by atoms with Gasteiger partial charge in [-0.2, -0.15) is 0 Å². The average Bonchev–Trinajstić information content (AvgIpc) is 2.39. The molecule has 0 aliphatic heterocycles. The standard InChI is InChI=1S/C14H22FNO2/c1-2-3-8-16-9-10-17-11-12-18-14-7-5-4-6-13(14)15/h4-7,16H,2-3,8-12H2,1H3. The molecule has 1 aromatic rings. The van der Waals surface area contributed by atoms with Crippen LogP contribution >= 0.6 is 0 Å². The highest BCUT2D eigenvalue weighted by atomic mass is 19.1. The van der Waals surface area contributed by atoms with Crippen LogP contribution in [-0.2, 0) is 4.74 Å². The Morgan fingerprint density at radius 3 is 2.72 bits per heavy atom. The lowest BCUT2D eigenvalue weighted by Crippen LogP contribution is -2.21. The lowest BCUT2D eigenvalue weighted by Gasteiger charge is -2.08. The fourth-order valence-corrected chi connectivity index (χ4v) is 1.45. The third-order valence-corrected chi connectivity index (χ3v) is 2.45. The van der Waals surface area contributed by atoms with Gasteiger partial charge in [0, 0.05) is 6.54 Å². The van der Waals surface area contributed by atoms with E-state index in [2.05, 4.69) is 12.2 Å². The molecule has 3 nitrogen and oxygen atoms in total. The number of hydrogen-bond donors (Lipinski definition) is 1. The highest BCUT2D eigenvalue weighted by Gasteiger charge is 2.00. The van der Waals surface area contributed by atoms with E-state index in [9.17, 15) is 4.39 Å². The summed E-state index contributed by atoms with van der Waals surface area (Å²) in [6.07, 6.45) is 2.39. The van der Waals surface area contributed by atoms with Crippen molar-refractivity contribution in [3.63, 3.8) is 0 Å². The molecule has 0 aliphatic rings. The van der Waals surface area contributed by atoms with Crippen LogP contribution in [0.1, 0.15) is 19.8 Å². The average molecular weight is 255 g/mol. The summed E-state index contributed by atoms with van der Waals surface area (Å²) in [7, 11) is 0. The molecule has 0 spiro atoms. The summed E-state index contributed by atoms with van der Waals surface area (Å²) in [4.78, 5) is 0. The van der Waals surface area contributed by atoms with Crippen molar-refractivity contribution in [3.8, 4) is 5.75 Å². The lowest BCUT2D eigenvalue weighted by molar-refractivity contribution is 0.100. The van der Waals surface area contributed by atoms with Crippen LogP contribution in [0.25, 0.3) is 0 Å². The Morgan fingerprint density at radius 1 is 1.11 bits per heavy atom. The number of ether oxygens (including phenoxy) is 2. The van der Waals surface area contributed by atoms with Crippen LogP contribution in [0.2, 0.25) is 0 Å². The van der Waals surface area contributed by atoms with Gasteiger partial charge < -0.3 is 14.8 Å². The summed E-state index contributed by atoms with van der Waals surface area (Å²) in [5, 5.41) is 3.28. The minimum atomic E-state index is -0.335. The van der Waals surface area contributed by atoms with Crippen LogP contribution in [0.4, 0.5) is 4.39 Å².